The lowest BCUT2D eigenvalue weighted by atomic mass is 10.1. The number of hydrogen-bond donors (Lipinski definition) is 2. The monoisotopic (exact) mass is 427 g/mol. The first-order valence-corrected chi connectivity index (χ1v) is 8.84. The fraction of sp³-hybridized carbons (Fsp3) is 0.417. The molecule has 0 aromatic heterocycles. The minimum atomic E-state index is -3.93. The summed E-state index contributed by atoms with van der Waals surface area (Å²) in [5.41, 5.74) is 0.870. The lowest BCUT2D eigenvalue weighted by Crippen LogP contribution is -2.44. The smallest absolute Gasteiger partial charge is 0.322 e. The molecule has 1 aromatic rings. The molecule has 0 heterocycles. The zero-order valence-corrected chi connectivity index (χ0v) is 15.1. The van der Waals surface area contributed by atoms with Gasteiger partial charge >= 0.3 is 5.97 Å². The number of carboxylic acids is 1. The average Bonchev–Trinajstić information content (AvgIpc) is 2.30. The van der Waals surface area contributed by atoms with Gasteiger partial charge < -0.3 is 5.11 Å². The van der Waals surface area contributed by atoms with E-state index in [-0.39, 0.29) is 10.8 Å². The van der Waals surface area contributed by atoms with Gasteiger partial charge in [-0.25, -0.2) is 8.42 Å². The zero-order valence-electron chi connectivity index (χ0n) is 11.1. The number of aryl methyl sites for hydroxylation is 1. The highest BCUT2D eigenvalue weighted by atomic mass is 79.9. The van der Waals surface area contributed by atoms with Crippen LogP contribution < -0.4 is 4.72 Å². The molecule has 1 rings (SSSR count). The van der Waals surface area contributed by atoms with E-state index in [2.05, 4.69) is 36.6 Å². The Bertz CT molecular complexity index is 629. The van der Waals surface area contributed by atoms with Crippen LogP contribution >= 0.6 is 31.9 Å². The number of halogens is 2. The van der Waals surface area contributed by atoms with Crippen LogP contribution in [0.5, 0.6) is 0 Å². The van der Waals surface area contributed by atoms with Crippen molar-refractivity contribution < 1.29 is 18.3 Å². The molecule has 112 valence electrons. The Hall–Kier alpha value is -0.440. The average molecular weight is 429 g/mol. The maximum absolute atomic E-state index is 12.3. The molecule has 1 aromatic carbocycles. The topological polar surface area (TPSA) is 83.5 Å². The van der Waals surface area contributed by atoms with Crippen molar-refractivity contribution in [1.82, 2.24) is 4.72 Å². The highest BCUT2D eigenvalue weighted by Gasteiger charge is 2.29. The Morgan fingerprint density at radius 1 is 1.25 bits per heavy atom. The van der Waals surface area contributed by atoms with Gasteiger partial charge in [-0.05, 0) is 46.5 Å². The number of aliphatic carboxylic acids is 1. The molecule has 0 bridgehead atoms. The number of carbonyl (C=O) groups is 1. The van der Waals surface area contributed by atoms with Gasteiger partial charge in [0, 0.05) is 8.95 Å². The first kappa shape index (κ1) is 17.6. The van der Waals surface area contributed by atoms with E-state index in [9.17, 15) is 13.2 Å². The van der Waals surface area contributed by atoms with E-state index < -0.39 is 22.0 Å². The summed E-state index contributed by atoms with van der Waals surface area (Å²) in [6, 6.07) is 1.93. The molecular formula is C12H15Br2NO4S. The first-order valence-electron chi connectivity index (χ1n) is 5.77. The molecule has 0 aliphatic rings. The molecule has 0 spiro atoms. The van der Waals surface area contributed by atoms with Crippen LogP contribution in [-0.2, 0) is 14.8 Å². The Kier molecular flexibility index (Phi) is 5.77. The van der Waals surface area contributed by atoms with Gasteiger partial charge in [0.25, 0.3) is 0 Å². The van der Waals surface area contributed by atoms with Crippen LogP contribution in [0.25, 0.3) is 0 Å². The van der Waals surface area contributed by atoms with Gasteiger partial charge in [0.2, 0.25) is 10.0 Å². The van der Waals surface area contributed by atoms with Crippen molar-refractivity contribution in [2.45, 2.75) is 31.7 Å². The van der Waals surface area contributed by atoms with Crippen molar-refractivity contribution in [1.29, 1.82) is 0 Å². The van der Waals surface area contributed by atoms with Crippen LogP contribution in [-0.4, -0.2) is 25.5 Å². The third-order valence-electron chi connectivity index (χ3n) is 2.72. The van der Waals surface area contributed by atoms with Crippen molar-refractivity contribution in [3.05, 3.63) is 26.6 Å². The number of hydrogen-bond acceptors (Lipinski definition) is 3. The van der Waals surface area contributed by atoms with Gasteiger partial charge in [-0.3, -0.25) is 4.79 Å². The molecular weight excluding hydrogens is 414 g/mol. The van der Waals surface area contributed by atoms with Crippen molar-refractivity contribution in [3.63, 3.8) is 0 Å². The third kappa shape index (κ3) is 4.03. The van der Waals surface area contributed by atoms with Crippen LogP contribution in [0, 0.1) is 12.8 Å². The Labute approximate surface area is 135 Å². The summed E-state index contributed by atoms with van der Waals surface area (Å²) in [4.78, 5) is 11.1. The second kappa shape index (κ2) is 6.55. The SMILES string of the molecule is Cc1cc(Br)c(S(=O)(=O)N[C@@H](C(=O)O)C(C)C)cc1Br. The number of sulfonamides is 1. The molecule has 0 saturated heterocycles. The number of rotatable bonds is 5. The lowest BCUT2D eigenvalue weighted by molar-refractivity contribution is -0.140. The van der Waals surface area contributed by atoms with Gasteiger partial charge in [0.1, 0.15) is 6.04 Å². The van der Waals surface area contributed by atoms with E-state index in [1.807, 2.05) is 6.92 Å². The standard InChI is InChI=1S/C12H15Br2NO4S/c1-6(2)11(12(16)17)15-20(18,19)10-5-8(13)7(3)4-9(10)14/h4-6,11,15H,1-3H3,(H,16,17)/t11-/m1/s1. The third-order valence-corrected chi connectivity index (χ3v) is 5.97. The van der Waals surface area contributed by atoms with Crippen LogP contribution in [0.4, 0.5) is 0 Å². The summed E-state index contributed by atoms with van der Waals surface area (Å²) in [7, 11) is -3.93. The number of nitrogens with one attached hydrogen (secondary N) is 1. The van der Waals surface area contributed by atoms with Crippen molar-refractivity contribution in [3.8, 4) is 0 Å². The molecule has 1 atom stereocenters. The summed E-state index contributed by atoms with van der Waals surface area (Å²) in [6.45, 7) is 5.11. The Morgan fingerprint density at radius 2 is 1.80 bits per heavy atom. The van der Waals surface area contributed by atoms with Crippen LogP contribution in [0.3, 0.4) is 0 Å². The highest BCUT2D eigenvalue weighted by Crippen LogP contribution is 2.29. The predicted molar refractivity (Wildman–Crippen MR) is 83.2 cm³/mol. The lowest BCUT2D eigenvalue weighted by Gasteiger charge is -2.18. The fourth-order valence-corrected chi connectivity index (χ4v) is 4.55. The molecule has 0 aliphatic carbocycles. The van der Waals surface area contributed by atoms with E-state index in [1.165, 1.54) is 6.07 Å². The summed E-state index contributed by atoms with van der Waals surface area (Å²) in [6.07, 6.45) is 0. The minimum absolute atomic E-state index is 0.00174. The zero-order chi connectivity index (χ0) is 15.7. The highest BCUT2D eigenvalue weighted by molar-refractivity contribution is 9.11. The predicted octanol–water partition coefficient (Wildman–Crippen LogP) is 2.91. The quantitative estimate of drug-likeness (QED) is 0.755. The fourth-order valence-electron chi connectivity index (χ4n) is 1.54. The minimum Gasteiger partial charge on any atom is -0.480 e. The summed E-state index contributed by atoms with van der Waals surface area (Å²) in [5, 5.41) is 9.07. The van der Waals surface area contributed by atoms with Crippen LogP contribution in [0.15, 0.2) is 26.0 Å². The molecule has 0 amide bonds. The molecule has 20 heavy (non-hydrogen) atoms. The van der Waals surface area contributed by atoms with Crippen LogP contribution in [0.1, 0.15) is 19.4 Å². The number of benzene rings is 1. The van der Waals surface area contributed by atoms with Gasteiger partial charge in [0.05, 0.1) is 4.90 Å². The Morgan fingerprint density at radius 3 is 2.25 bits per heavy atom. The van der Waals surface area contributed by atoms with E-state index >= 15 is 0 Å². The molecule has 0 aliphatic heterocycles. The second-order valence-electron chi connectivity index (χ2n) is 4.71. The molecule has 0 unspecified atom stereocenters. The van der Waals surface area contributed by atoms with Crippen molar-refractivity contribution in [2.75, 3.05) is 0 Å². The molecule has 0 fully saturated rings. The molecule has 0 radical (unpaired) electrons. The van der Waals surface area contributed by atoms with Gasteiger partial charge in [0.15, 0.2) is 0 Å². The molecule has 8 heteroatoms. The van der Waals surface area contributed by atoms with Gasteiger partial charge in [-0.1, -0.05) is 29.8 Å². The molecule has 5 nitrogen and oxygen atoms in total. The van der Waals surface area contributed by atoms with Crippen molar-refractivity contribution in [2.24, 2.45) is 5.92 Å². The van der Waals surface area contributed by atoms with Crippen molar-refractivity contribution >= 4 is 47.9 Å². The second-order valence-corrected chi connectivity index (χ2v) is 8.10. The summed E-state index contributed by atoms with van der Waals surface area (Å²) < 4.78 is 27.9. The Balaban J connectivity index is 3.24. The van der Waals surface area contributed by atoms with Gasteiger partial charge in [-0.15, -0.1) is 0 Å². The maximum atomic E-state index is 12.3. The van der Waals surface area contributed by atoms with Crippen LogP contribution in [0.2, 0.25) is 0 Å². The van der Waals surface area contributed by atoms with Gasteiger partial charge in [-0.2, -0.15) is 4.72 Å². The van der Waals surface area contributed by atoms with E-state index in [1.54, 1.807) is 19.9 Å². The summed E-state index contributed by atoms with van der Waals surface area (Å²) >= 11 is 6.46. The largest absolute Gasteiger partial charge is 0.480 e. The first-order chi connectivity index (χ1) is 9.06. The van der Waals surface area contributed by atoms with E-state index in [0.29, 0.717) is 8.95 Å². The molecule has 0 saturated carbocycles. The van der Waals surface area contributed by atoms with E-state index in [0.717, 1.165) is 5.56 Å². The summed E-state index contributed by atoms with van der Waals surface area (Å²) in [5.74, 6) is -1.57. The van der Waals surface area contributed by atoms with E-state index in [4.69, 9.17) is 5.11 Å². The molecule has 2 N–H and O–H groups in total. The normalized spacial score (nSPS) is 13.5. The maximum Gasteiger partial charge on any atom is 0.322 e. The number of carboxylic acid groups (broad SMARTS) is 1.